The van der Waals surface area contributed by atoms with Gasteiger partial charge in [-0.2, -0.15) is 0 Å². The zero-order valence-corrected chi connectivity index (χ0v) is 13.3. The summed E-state index contributed by atoms with van der Waals surface area (Å²) >= 11 is 0. The third-order valence-electron chi connectivity index (χ3n) is 4.18. The van der Waals surface area contributed by atoms with Crippen LogP contribution < -0.4 is 0 Å². The Morgan fingerprint density at radius 3 is 2.56 bits per heavy atom. The van der Waals surface area contributed by atoms with Crippen LogP contribution in [0.2, 0.25) is 0 Å². The third-order valence-corrected chi connectivity index (χ3v) is 4.18. The topological polar surface area (TPSA) is 84.4 Å². The molecule has 2 heterocycles. The van der Waals surface area contributed by atoms with Crippen LogP contribution >= 0.6 is 0 Å². The molecule has 0 radical (unpaired) electrons. The molecule has 2 aromatic heterocycles. The fourth-order valence-corrected chi connectivity index (χ4v) is 2.89. The number of nitrogens with zero attached hydrogens (tertiary/aromatic N) is 2. The lowest BCUT2D eigenvalue weighted by Gasteiger charge is -2.04. The number of hydrogen-bond acceptors (Lipinski definition) is 5. The van der Waals surface area contributed by atoms with Crippen molar-refractivity contribution in [1.82, 2.24) is 9.97 Å². The summed E-state index contributed by atoms with van der Waals surface area (Å²) in [6.07, 6.45) is 1.77. The zero-order chi connectivity index (χ0) is 17.4. The van der Waals surface area contributed by atoms with Crippen molar-refractivity contribution in [2.24, 2.45) is 5.18 Å². The molecule has 25 heavy (non-hydrogen) atoms. The van der Waals surface area contributed by atoms with Crippen molar-refractivity contribution >= 4 is 33.6 Å². The number of methoxy groups -OCH3 is 1. The lowest BCUT2D eigenvalue weighted by molar-refractivity contribution is 0.0601. The van der Waals surface area contributed by atoms with Gasteiger partial charge in [-0.3, -0.25) is 0 Å². The molecule has 1 N–H and O–H groups in total. The fourth-order valence-electron chi connectivity index (χ4n) is 2.89. The molecule has 6 heteroatoms. The second-order valence-corrected chi connectivity index (χ2v) is 5.64. The summed E-state index contributed by atoms with van der Waals surface area (Å²) in [5, 5.41) is 4.80. The highest BCUT2D eigenvalue weighted by Gasteiger charge is 2.10. The average molecular weight is 331 g/mol. The van der Waals surface area contributed by atoms with E-state index in [9.17, 15) is 9.70 Å². The Morgan fingerprint density at radius 2 is 1.84 bits per heavy atom. The number of H-pyrrole nitrogens is 1. The summed E-state index contributed by atoms with van der Waals surface area (Å²) < 4.78 is 4.71. The Hall–Kier alpha value is -3.54. The maximum Gasteiger partial charge on any atom is 0.337 e. The number of benzene rings is 2. The average Bonchev–Trinajstić information content (AvgIpc) is 3.04. The molecule has 0 aliphatic heterocycles. The fraction of sp³-hybridized carbons (Fsp3) is 0.0526. The van der Waals surface area contributed by atoms with Crippen LogP contribution in [0.25, 0.3) is 33.1 Å². The van der Waals surface area contributed by atoms with Gasteiger partial charge in [-0.05, 0) is 47.1 Å². The van der Waals surface area contributed by atoms with Gasteiger partial charge in [-0.15, -0.1) is 4.91 Å². The first-order chi connectivity index (χ1) is 12.2. The van der Waals surface area contributed by atoms with E-state index in [1.807, 2.05) is 24.3 Å². The molecule has 0 unspecified atom stereocenters. The summed E-state index contributed by atoms with van der Waals surface area (Å²) in [5.74, 6) is -0.370. The number of carbonyl (C=O) groups excluding carboxylic acids is 1. The molecular weight excluding hydrogens is 318 g/mol. The normalized spacial score (nSPS) is 10.9. The summed E-state index contributed by atoms with van der Waals surface area (Å²) in [5.41, 5.74) is 4.35. The maximum atomic E-state index is 11.5. The molecule has 0 spiro atoms. The van der Waals surface area contributed by atoms with Gasteiger partial charge >= 0.3 is 5.97 Å². The Balaban J connectivity index is 1.83. The summed E-state index contributed by atoms with van der Waals surface area (Å²) in [6.45, 7) is 0. The van der Waals surface area contributed by atoms with E-state index in [4.69, 9.17) is 4.74 Å². The van der Waals surface area contributed by atoms with Crippen molar-refractivity contribution in [3.05, 3.63) is 65.2 Å². The van der Waals surface area contributed by atoms with E-state index in [0.29, 0.717) is 11.3 Å². The number of nitrogens with one attached hydrogen (secondary N) is 1. The molecule has 0 bridgehead atoms. The highest BCUT2D eigenvalue weighted by molar-refractivity contribution is 6.07. The zero-order valence-electron chi connectivity index (χ0n) is 13.3. The minimum Gasteiger partial charge on any atom is -0.465 e. The minimum absolute atomic E-state index is 0.370. The second kappa shape index (κ2) is 5.83. The van der Waals surface area contributed by atoms with Crippen molar-refractivity contribution in [3.63, 3.8) is 0 Å². The van der Waals surface area contributed by atoms with Gasteiger partial charge in [-0.1, -0.05) is 12.1 Å². The van der Waals surface area contributed by atoms with Crippen LogP contribution in [0, 0.1) is 4.91 Å². The molecule has 0 aliphatic carbocycles. The molecule has 0 fully saturated rings. The Kier molecular flexibility index (Phi) is 3.50. The van der Waals surface area contributed by atoms with Crippen molar-refractivity contribution in [2.45, 2.75) is 0 Å². The van der Waals surface area contributed by atoms with Gasteiger partial charge in [0.1, 0.15) is 11.3 Å². The van der Waals surface area contributed by atoms with Gasteiger partial charge < -0.3 is 9.72 Å². The Bertz CT molecular complexity index is 1110. The van der Waals surface area contributed by atoms with Gasteiger partial charge in [0.2, 0.25) is 0 Å². The second-order valence-electron chi connectivity index (χ2n) is 5.64. The van der Waals surface area contributed by atoms with Gasteiger partial charge in [0.15, 0.2) is 0 Å². The molecule has 4 aromatic rings. The number of hydrogen-bond donors (Lipinski definition) is 1. The number of ether oxygens (including phenoxy) is 1. The number of aromatic amines is 1. The molecule has 0 saturated carbocycles. The van der Waals surface area contributed by atoms with Crippen LogP contribution in [-0.4, -0.2) is 23.0 Å². The first-order valence-electron chi connectivity index (χ1n) is 7.63. The van der Waals surface area contributed by atoms with Crippen molar-refractivity contribution in [2.75, 3.05) is 7.11 Å². The number of aromatic nitrogens is 2. The molecule has 0 amide bonds. The van der Waals surface area contributed by atoms with Crippen molar-refractivity contribution in [3.8, 4) is 11.1 Å². The molecule has 2 aromatic carbocycles. The van der Waals surface area contributed by atoms with E-state index in [1.165, 1.54) is 7.11 Å². The summed E-state index contributed by atoms with van der Waals surface area (Å²) in [4.78, 5) is 30.0. The van der Waals surface area contributed by atoms with E-state index < -0.39 is 0 Å². The number of nitroso groups, excluding NO2 is 1. The molecule has 6 nitrogen and oxygen atoms in total. The van der Waals surface area contributed by atoms with Crippen LogP contribution in [0.1, 0.15) is 10.4 Å². The largest absolute Gasteiger partial charge is 0.465 e. The lowest BCUT2D eigenvalue weighted by atomic mass is 10.0. The van der Waals surface area contributed by atoms with Crippen molar-refractivity contribution < 1.29 is 9.53 Å². The molecular formula is C19H13N3O3. The van der Waals surface area contributed by atoms with Gasteiger partial charge in [-0.25, -0.2) is 9.78 Å². The Labute approximate surface area is 142 Å². The van der Waals surface area contributed by atoms with Crippen LogP contribution in [0.15, 0.2) is 59.9 Å². The molecule has 0 aliphatic rings. The first-order valence-corrected chi connectivity index (χ1v) is 7.63. The molecule has 0 saturated heterocycles. The van der Waals surface area contributed by atoms with E-state index in [-0.39, 0.29) is 5.97 Å². The van der Waals surface area contributed by atoms with Gasteiger partial charge in [0.25, 0.3) is 0 Å². The number of esters is 1. The monoisotopic (exact) mass is 331 g/mol. The summed E-state index contributed by atoms with van der Waals surface area (Å²) in [6, 6.07) is 14.4. The van der Waals surface area contributed by atoms with Crippen LogP contribution in [0.3, 0.4) is 0 Å². The minimum atomic E-state index is -0.370. The number of carbonyl (C=O) groups is 1. The highest BCUT2D eigenvalue weighted by Crippen LogP contribution is 2.31. The van der Waals surface area contributed by atoms with Gasteiger partial charge in [0.05, 0.1) is 12.7 Å². The molecule has 122 valence electrons. The van der Waals surface area contributed by atoms with Crippen LogP contribution in [-0.2, 0) is 4.74 Å². The van der Waals surface area contributed by atoms with Crippen molar-refractivity contribution in [1.29, 1.82) is 0 Å². The Morgan fingerprint density at radius 1 is 1.04 bits per heavy atom. The first kappa shape index (κ1) is 15.0. The summed E-state index contributed by atoms with van der Waals surface area (Å²) in [7, 11) is 1.35. The number of rotatable bonds is 3. The van der Waals surface area contributed by atoms with Gasteiger partial charge in [0, 0.05) is 28.0 Å². The maximum absolute atomic E-state index is 11.5. The molecule has 0 atom stereocenters. The quantitative estimate of drug-likeness (QED) is 0.440. The van der Waals surface area contributed by atoms with Crippen LogP contribution in [0.4, 0.5) is 5.69 Å². The predicted octanol–water partition coefficient (Wildman–Crippen LogP) is 4.57. The van der Waals surface area contributed by atoms with Crippen LogP contribution in [0.5, 0.6) is 0 Å². The van der Waals surface area contributed by atoms with E-state index in [0.717, 1.165) is 33.1 Å². The molecule has 4 rings (SSSR count). The van der Waals surface area contributed by atoms with E-state index >= 15 is 0 Å². The SMILES string of the molecule is COC(=O)c1ccc(-c2cnc3[nH]c4ccc(N=O)cc4c3c2)cc1. The number of pyridine rings is 1. The third kappa shape index (κ3) is 2.53. The predicted molar refractivity (Wildman–Crippen MR) is 95.8 cm³/mol. The number of fused-ring (bicyclic) bond motifs is 3. The standard InChI is InChI=1S/C19H13N3O3/c1-25-19(23)12-4-2-11(3-5-12)13-8-16-15-9-14(22-24)6-7-17(15)21-18(16)20-10-13/h2-10H,1H3,(H,20,21). The van der Waals surface area contributed by atoms with E-state index in [1.54, 1.807) is 30.5 Å². The van der Waals surface area contributed by atoms with E-state index in [2.05, 4.69) is 15.1 Å². The lowest BCUT2D eigenvalue weighted by Crippen LogP contribution is -2.00. The smallest absolute Gasteiger partial charge is 0.337 e. The highest BCUT2D eigenvalue weighted by atomic mass is 16.5.